The van der Waals surface area contributed by atoms with E-state index in [1.165, 1.54) is 0 Å². The van der Waals surface area contributed by atoms with Crippen LogP contribution in [-0.4, -0.2) is 31.9 Å². The maximum Gasteiger partial charge on any atom is 0.243 e. The van der Waals surface area contributed by atoms with Gasteiger partial charge in [0.05, 0.1) is 4.90 Å². The summed E-state index contributed by atoms with van der Waals surface area (Å²) in [5.74, 6) is 0. The van der Waals surface area contributed by atoms with Crippen LogP contribution in [0.25, 0.3) is 0 Å². The highest BCUT2D eigenvalue weighted by molar-refractivity contribution is 7.89. The summed E-state index contributed by atoms with van der Waals surface area (Å²) in [6, 6.07) is 5.73. The van der Waals surface area contributed by atoms with Crippen LogP contribution in [0.15, 0.2) is 23.1 Å². The first kappa shape index (κ1) is 18.1. The first-order chi connectivity index (χ1) is 9.88. The zero-order chi connectivity index (χ0) is 16.0. The second-order valence-corrected chi connectivity index (χ2v) is 7.24. The Kier molecular flexibility index (Phi) is 6.84. The van der Waals surface area contributed by atoms with Gasteiger partial charge >= 0.3 is 0 Å². The Morgan fingerprint density at radius 3 is 2.33 bits per heavy atom. The highest BCUT2D eigenvalue weighted by Crippen LogP contribution is 2.24. The summed E-state index contributed by atoms with van der Waals surface area (Å²) in [6.07, 6.45) is 0.714. The molecule has 0 aliphatic rings. The van der Waals surface area contributed by atoms with Crippen LogP contribution in [0.1, 0.15) is 45.7 Å². The molecule has 1 aromatic carbocycles. The molecule has 0 bridgehead atoms. The quantitative estimate of drug-likeness (QED) is 0.803. The Morgan fingerprint density at radius 1 is 1.19 bits per heavy atom. The zero-order valence-corrected chi connectivity index (χ0v) is 14.6. The molecule has 0 fully saturated rings. The van der Waals surface area contributed by atoms with Gasteiger partial charge in [-0.3, -0.25) is 0 Å². The number of nitrogens with one attached hydrogen (secondary N) is 1. The van der Waals surface area contributed by atoms with Crippen LogP contribution >= 0.6 is 0 Å². The van der Waals surface area contributed by atoms with Crippen molar-refractivity contribution in [1.82, 2.24) is 9.62 Å². The molecule has 5 heteroatoms. The molecule has 4 nitrogen and oxygen atoms in total. The molecule has 21 heavy (non-hydrogen) atoms. The lowest BCUT2D eigenvalue weighted by molar-refractivity contribution is 0.369. The van der Waals surface area contributed by atoms with Crippen molar-refractivity contribution in [2.45, 2.75) is 58.5 Å². The van der Waals surface area contributed by atoms with E-state index in [1.807, 2.05) is 52.8 Å². The summed E-state index contributed by atoms with van der Waals surface area (Å²) in [5, 5.41) is 3.24. The maximum atomic E-state index is 12.9. The van der Waals surface area contributed by atoms with Crippen LogP contribution in [0.2, 0.25) is 0 Å². The van der Waals surface area contributed by atoms with Crippen molar-refractivity contribution in [3.8, 4) is 0 Å². The Morgan fingerprint density at radius 2 is 1.86 bits per heavy atom. The molecular formula is C16H28N2O2S. The van der Waals surface area contributed by atoms with Gasteiger partial charge in [-0.15, -0.1) is 0 Å². The second-order valence-electron chi connectivity index (χ2n) is 5.38. The third kappa shape index (κ3) is 4.28. The average Bonchev–Trinajstić information content (AvgIpc) is 2.44. The maximum absolute atomic E-state index is 12.9. The lowest BCUT2D eigenvalue weighted by atomic mass is 10.1. The Balaban J connectivity index is 3.30. The average molecular weight is 312 g/mol. The molecule has 0 aliphatic heterocycles. The number of aryl methyl sites for hydroxylation is 1. The lowest BCUT2D eigenvalue weighted by Gasteiger charge is -2.25. The minimum atomic E-state index is -3.44. The number of rotatable bonds is 8. The van der Waals surface area contributed by atoms with E-state index in [2.05, 4.69) is 5.32 Å². The molecule has 0 radical (unpaired) electrons. The van der Waals surface area contributed by atoms with Gasteiger partial charge < -0.3 is 5.32 Å². The molecule has 1 aromatic rings. The molecule has 0 unspecified atom stereocenters. The fraction of sp³-hybridized carbons (Fsp3) is 0.625. The molecule has 0 heterocycles. The predicted molar refractivity (Wildman–Crippen MR) is 87.9 cm³/mol. The van der Waals surface area contributed by atoms with Crippen molar-refractivity contribution in [3.05, 3.63) is 29.3 Å². The van der Waals surface area contributed by atoms with Gasteiger partial charge in [0.25, 0.3) is 0 Å². The van der Waals surface area contributed by atoms with Crippen molar-refractivity contribution in [2.24, 2.45) is 0 Å². The van der Waals surface area contributed by atoms with Gasteiger partial charge in [-0.25, -0.2) is 8.42 Å². The fourth-order valence-electron chi connectivity index (χ4n) is 2.45. The molecule has 0 amide bonds. The summed E-state index contributed by atoms with van der Waals surface area (Å²) >= 11 is 0. The number of hydrogen-bond donors (Lipinski definition) is 1. The number of hydrogen-bond acceptors (Lipinski definition) is 3. The monoisotopic (exact) mass is 312 g/mol. The van der Waals surface area contributed by atoms with E-state index in [9.17, 15) is 8.42 Å². The van der Waals surface area contributed by atoms with Crippen LogP contribution in [0.4, 0.5) is 0 Å². The van der Waals surface area contributed by atoms with Crippen molar-refractivity contribution >= 4 is 10.0 Å². The third-order valence-electron chi connectivity index (χ3n) is 3.57. The zero-order valence-electron chi connectivity index (χ0n) is 13.8. The van der Waals surface area contributed by atoms with E-state index in [1.54, 1.807) is 4.31 Å². The standard InChI is InChI=1S/C16H28N2O2S/c1-6-15-10-9-14(12-17-7-2)11-16(15)21(19,20)18(8-3)13(4)5/h9-11,13,17H,6-8,12H2,1-5H3. The smallest absolute Gasteiger partial charge is 0.243 e. The van der Waals surface area contributed by atoms with E-state index in [-0.39, 0.29) is 6.04 Å². The number of sulfonamides is 1. The fourth-order valence-corrected chi connectivity index (χ4v) is 4.44. The van der Waals surface area contributed by atoms with Gasteiger partial charge in [-0.2, -0.15) is 4.31 Å². The van der Waals surface area contributed by atoms with Crippen LogP contribution in [0.5, 0.6) is 0 Å². The molecule has 1 N–H and O–H groups in total. The molecule has 0 atom stereocenters. The summed E-state index contributed by atoms with van der Waals surface area (Å²) in [4.78, 5) is 0.455. The second kappa shape index (κ2) is 7.92. The Bertz CT molecular complexity index is 553. The topological polar surface area (TPSA) is 49.4 Å². The van der Waals surface area contributed by atoms with Gasteiger partial charge in [0.15, 0.2) is 0 Å². The van der Waals surface area contributed by atoms with Gasteiger partial charge in [0.2, 0.25) is 10.0 Å². The predicted octanol–water partition coefficient (Wildman–Crippen LogP) is 2.78. The Hall–Kier alpha value is -0.910. The lowest BCUT2D eigenvalue weighted by Crippen LogP contribution is -2.37. The molecule has 120 valence electrons. The Labute approximate surface area is 129 Å². The van der Waals surface area contributed by atoms with E-state index in [0.29, 0.717) is 24.4 Å². The van der Waals surface area contributed by atoms with E-state index < -0.39 is 10.0 Å². The SMILES string of the molecule is CCNCc1ccc(CC)c(S(=O)(=O)N(CC)C(C)C)c1. The summed E-state index contributed by atoms with van der Waals surface area (Å²) < 4.78 is 27.4. The van der Waals surface area contributed by atoms with Crippen molar-refractivity contribution < 1.29 is 8.42 Å². The molecule has 0 aliphatic carbocycles. The minimum Gasteiger partial charge on any atom is -0.313 e. The molecule has 0 spiro atoms. The molecule has 0 saturated carbocycles. The van der Waals surface area contributed by atoms with Crippen LogP contribution in [-0.2, 0) is 23.0 Å². The highest BCUT2D eigenvalue weighted by Gasteiger charge is 2.27. The van der Waals surface area contributed by atoms with Gasteiger partial charge in [0, 0.05) is 19.1 Å². The highest BCUT2D eigenvalue weighted by atomic mass is 32.2. The summed E-state index contributed by atoms with van der Waals surface area (Å²) in [7, 11) is -3.44. The van der Waals surface area contributed by atoms with Crippen molar-refractivity contribution in [3.63, 3.8) is 0 Å². The van der Waals surface area contributed by atoms with E-state index in [0.717, 1.165) is 17.7 Å². The molecule has 0 saturated heterocycles. The van der Waals surface area contributed by atoms with Gasteiger partial charge in [-0.05, 0) is 44.0 Å². The largest absolute Gasteiger partial charge is 0.313 e. The van der Waals surface area contributed by atoms with Gasteiger partial charge in [0.1, 0.15) is 0 Å². The summed E-state index contributed by atoms with van der Waals surface area (Å²) in [6.45, 7) is 11.8. The number of benzene rings is 1. The minimum absolute atomic E-state index is 0.0397. The van der Waals surface area contributed by atoms with Gasteiger partial charge in [-0.1, -0.05) is 32.9 Å². The van der Waals surface area contributed by atoms with E-state index in [4.69, 9.17) is 0 Å². The molecule has 0 aromatic heterocycles. The number of nitrogens with zero attached hydrogens (tertiary/aromatic N) is 1. The first-order valence-electron chi connectivity index (χ1n) is 7.72. The molecule has 1 rings (SSSR count). The normalized spacial score (nSPS) is 12.3. The van der Waals surface area contributed by atoms with Crippen molar-refractivity contribution in [1.29, 1.82) is 0 Å². The third-order valence-corrected chi connectivity index (χ3v) is 5.80. The molecular weight excluding hydrogens is 284 g/mol. The first-order valence-corrected chi connectivity index (χ1v) is 9.16. The summed E-state index contributed by atoms with van der Waals surface area (Å²) in [5.41, 5.74) is 1.89. The van der Waals surface area contributed by atoms with Crippen molar-refractivity contribution in [2.75, 3.05) is 13.1 Å². The van der Waals surface area contributed by atoms with E-state index >= 15 is 0 Å². The van der Waals surface area contributed by atoms with Crippen LogP contribution < -0.4 is 5.32 Å². The van der Waals surface area contributed by atoms with Crippen LogP contribution in [0, 0.1) is 0 Å². The van der Waals surface area contributed by atoms with Crippen LogP contribution in [0.3, 0.4) is 0 Å².